The second-order valence-electron chi connectivity index (χ2n) is 7.76. The Hall–Kier alpha value is -3.57. The first-order valence-corrected chi connectivity index (χ1v) is 11.0. The van der Waals surface area contributed by atoms with Gasteiger partial charge in [0.2, 0.25) is 11.9 Å². The summed E-state index contributed by atoms with van der Waals surface area (Å²) >= 11 is 0. The number of benzene rings is 1. The van der Waals surface area contributed by atoms with Gasteiger partial charge in [0.1, 0.15) is 6.61 Å². The van der Waals surface area contributed by atoms with E-state index in [1.807, 2.05) is 0 Å². The van der Waals surface area contributed by atoms with Crippen molar-refractivity contribution >= 4 is 5.91 Å². The lowest BCUT2D eigenvalue weighted by atomic mass is 10.0. The van der Waals surface area contributed by atoms with Crippen LogP contribution in [0.15, 0.2) is 42.7 Å². The fourth-order valence-corrected chi connectivity index (χ4v) is 3.52. The molecule has 3 heterocycles. The minimum atomic E-state index is -0.839. The average Bonchev–Trinajstić information content (AvgIpc) is 2.84. The molecule has 0 bridgehead atoms. The van der Waals surface area contributed by atoms with Crippen LogP contribution in [0.1, 0.15) is 11.3 Å². The third-order valence-corrected chi connectivity index (χ3v) is 5.35. The summed E-state index contributed by atoms with van der Waals surface area (Å²) in [6, 6.07) is 8.41. The lowest BCUT2D eigenvalue weighted by molar-refractivity contribution is -0.120. The summed E-state index contributed by atoms with van der Waals surface area (Å²) in [6.07, 6.45) is 1.96. The fraction of sp³-hybridized carbons (Fsp3) is 0.348. The molecule has 1 aromatic carbocycles. The second-order valence-corrected chi connectivity index (χ2v) is 7.76. The van der Waals surface area contributed by atoms with Crippen molar-refractivity contribution in [3.05, 3.63) is 66.0 Å². The third-order valence-electron chi connectivity index (χ3n) is 5.35. The molecule has 0 spiro atoms. The van der Waals surface area contributed by atoms with Crippen molar-refractivity contribution in [2.75, 3.05) is 39.3 Å². The highest BCUT2D eigenvalue weighted by molar-refractivity contribution is 5.78. The molecule has 1 saturated heterocycles. The first-order chi connectivity index (χ1) is 16.6. The summed E-state index contributed by atoms with van der Waals surface area (Å²) in [5.74, 6) is -0.918. The number of hydrogen-bond acceptors (Lipinski definition) is 8. The first-order valence-electron chi connectivity index (χ1n) is 11.0. The Kier molecular flexibility index (Phi) is 7.99. The molecule has 2 N–H and O–H groups in total. The summed E-state index contributed by atoms with van der Waals surface area (Å²) in [5, 5.41) is 5.96. The smallest absolute Gasteiger partial charge is 0.319 e. The normalized spacial score (nSPS) is 14.1. The van der Waals surface area contributed by atoms with Crippen molar-refractivity contribution in [1.29, 1.82) is 0 Å². The molecule has 1 amide bonds. The number of hydrogen-bond donors (Lipinski definition) is 2. The number of piperazine rings is 1. The summed E-state index contributed by atoms with van der Waals surface area (Å²) in [5.41, 5.74) is 1.95. The van der Waals surface area contributed by atoms with Crippen molar-refractivity contribution in [3.63, 3.8) is 0 Å². The summed E-state index contributed by atoms with van der Waals surface area (Å²) in [6.45, 7) is 5.04. The number of aromatic nitrogens is 4. The number of rotatable bonds is 9. The maximum Gasteiger partial charge on any atom is 0.319 e. The maximum atomic E-state index is 14.6. The van der Waals surface area contributed by atoms with E-state index in [-0.39, 0.29) is 30.4 Å². The first kappa shape index (κ1) is 23.6. The van der Waals surface area contributed by atoms with Gasteiger partial charge < -0.3 is 15.4 Å². The zero-order chi connectivity index (χ0) is 23.8. The average molecular weight is 469 g/mol. The number of halogens is 2. The van der Waals surface area contributed by atoms with Gasteiger partial charge in [0.15, 0.2) is 0 Å². The van der Waals surface area contributed by atoms with Gasteiger partial charge >= 0.3 is 12.1 Å². The molecule has 3 aromatic rings. The monoisotopic (exact) mass is 469 g/mol. The number of nitrogens with zero attached hydrogens (tertiary/aromatic N) is 5. The zero-order valence-corrected chi connectivity index (χ0v) is 18.5. The Morgan fingerprint density at radius 2 is 1.88 bits per heavy atom. The third kappa shape index (κ3) is 6.72. The van der Waals surface area contributed by atoms with Gasteiger partial charge in [0, 0.05) is 45.1 Å². The zero-order valence-electron chi connectivity index (χ0n) is 18.5. The van der Waals surface area contributed by atoms with Crippen LogP contribution in [0.4, 0.5) is 8.78 Å². The van der Waals surface area contributed by atoms with Gasteiger partial charge in [-0.25, -0.2) is 15.0 Å². The summed E-state index contributed by atoms with van der Waals surface area (Å²) < 4.78 is 33.1. The summed E-state index contributed by atoms with van der Waals surface area (Å²) in [7, 11) is 0. The van der Waals surface area contributed by atoms with Crippen LogP contribution in [0.5, 0.6) is 6.01 Å². The largest absolute Gasteiger partial charge is 0.462 e. The summed E-state index contributed by atoms with van der Waals surface area (Å²) in [4.78, 5) is 29.3. The number of amides is 1. The van der Waals surface area contributed by atoms with Crippen molar-refractivity contribution in [3.8, 4) is 17.1 Å². The predicted octanol–water partition coefficient (Wildman–Crippen LogP) is 1.35. The van der Waals surface area contributed by atoms with Crippen molar-refractivity contribution in [2.45, 2.75) is 13.0 Å². The van der Waals surface area contributed by atoms with E-state index in [0.717, 1.165) is 38.3 Å². The molecule has 0 radical (unpaired) electrons. The quantitative estimate of drug-likeness (QED) is 0.358. The predicted molar refractivity (Wildman–Crippen MR) is 120 cm³/mol. The van der Waals surface area contributed by atoms with Crippen LogP contribution in [0.3, 0.4) is 0 Å². The number of ether oxygens (including phenoxy) is 1. The van der Waals surface area contributed by atoms with Gasteiger partial charge in [-0.15, -0.1) is 0 Å². The molecule has 178 valence electrons. The van der Waals surface area contributed by atoms with Gasteiger partial charge in [-0.2, -0.15) is 13.8 Å². The number of carbonyl (C=O) groups is 1. The van der Waals surface area contributed by atoms with Crippen LogP contribution >= 0.6 is 0 Å². The molecular formula is C23H25F2N7O2. The van der Waals surface area contributed by atoms with Gasteiger partial charge in [0.05, 0.1) is 24.2 Å². The molecule has 1 fully saturated rings. The lowest BCUT2D eigenvalue weighted by Crippen LogP contribution is -2.44. The van der Waals surface area contributed by atoms with Crippen molar-refractivity contribution in [2.24, 2.45) is 0 Å². The maximum absolute atomic E-state index is 14.6. The molecule has 4 rings (SSSR count). The number of nitrogens with one attached hydrogen (secondary N) is 2. The Morgan fingerprint density at radius 3 is 2.62 bits per heavy atom. The van der Waals surface area contributed by atoms with Crippen LogP contribution in [-0.2, 0) is 17.8 Å². The van der Waals surface area contributed by atoms with Crippen LogP contribution in [0.2, 0.25) is 0 Å². The van der Waals surface area contributed by atoms with E-state index in [1.54, 1.807) is 24.3 Å². The minimum absolute atomic E-state index is 0.00763. The van der Waals surface area contributed by atoms with Gasteiger partial charge in [-0.3, -0.25) is 9.69 Å². The fourth-order valence-electron chi connectivity index (χ4n) is 3.52. The van der Waals surface area contributed by atoms with E-state index < -0.39 is 12.0 Å². The molecule has 9 nitrogen and oxygen atoms in total. The SMILES string of the molecule is O=C(Cc1ccc(-c2cnc(OCCN3CCNCC3)nc2F)cc1)NCc1ccnc(F)n1. The number of carbonyl (C=O) groups excluding carboxylic acids is 1. The molecule has 34 heavy (non-hydrogen) atoms. The molecule has 1 aliphatic heterocycles. The molecule has 11 heteroatoms. The lowest BCUT2D eigenvalue weighted by Gasteiger charge is -2.26. The van der Waals surface area contributed by atoms with Crippen LogP contribution in [-0.4, -0.2) is 70.1 Å². The van der Waals surface area contributed by atoms with E-state index >= 15 is 0 Å². The topological polar surface area (TPSA) is 105 Å². The van der Waals surface area contributed by atoms with Gasteiger partial charge in [-0.05, 0) is 17.2 Å². The molecule has 0 saturated carbocycles. The Morgan fingerprint density at radius 1 is 1.09 bits per heavy atom. The molecule has 1 aliphatic rings. The van der Waals surface area contributed by atoms with E-state index in [1.165, 1.54) is 18.5 Å². The van der Waals surface area contributed by atoms with E-state index in [2.05, 4.69) is 35.5 Å². The Labute approximate surface area is 195 Å². The van der Waals surface area contributed by atoms with Crippen LogP contribution in [0, 0.1) is 12.0 Å². The second kappa shape index (κ2) is 11.5. The molecular weight excluding hydrogens is 444 g/mol. The molecule has 0 atom stereocenters. The standard InChI is InChI=1S/C23H25F2N7O2/c24-21-19(15-29-23(31-21)34-12-11-32-9-7-26-8-10-32)17-3-1-16(2-4-17)13-20(33)28-14-18-5-6-27-22(25)30-18/h1-6,15,26H,7-14H2,(H,28,33). The Bertz CT molecular complexity index is 1110. The van der Waals surface area contributed by atoms with E-state index in [9.17, 15) is 13.6 Å². The highest BCUT2D eigenvalue weighted by atomic mass is 19.1. The van der Waals surface area contributed by atoms with E-state index in [4.69, 9.17) is 4.74 Å². The van der Waals surface area contributed by atoms with Crippen LogP contribution < -0.4 is 15.4 Å². The minimum Gasteiger partial charge on any atom is -0.462 e. The Balaban J connectivity index is 1.28. The van der Waals surface area contributed by atoms with Gasteiger partial charge in [0.25, 0.3) is 0 Å². The highest BCUT2D eigenvalue weighted by Crippen LogP contribution is 2.22. The van der Waals surface area contributed by atoms with Crippen LogP contribution in [0.25, 0.3) is 11.1 Å². The van der Waals surface area contributed by atoms with Crippen molar-refractivity contribution in [1.82, 2.24) is 35.5 Å². The van der Waals surface area contributed by atoms with Crippen molar-refractivity contribution < 1.29 is 18.3 Å². The molecule has 2 aromatic heterocycles. The van der Waals surface area contributed by atoms with E-state index in [0.29, 0.717) is 17.9 Å². The molecule has 0 unspecified atom stereocenters. The highest BCUT2D eigenvalue weighted by Gasteiger charge is 2.13. The molecule has 0 aliphatic carbocycles. The van der Waals surface area contributed by atoms with Gasteiger partial charge in [-0.1, -0.05) is 24.3 Å².